The fourth-order valence-electron chi connectivity index (χ4n) is 1.91. The van der Waals surface area contributed by atoms with Crippen LogP contribution in [0.2, 0.25) is 0 Å². The third kappa shape index (κ3) is 3.59. The van der Waals surface area contributed by atoms with Gasteiger partial charge in [-0.15, -0.1) is 0 Å². The Labute approximate surface area is 92.2 Å². The third-order valence-corrected chi connectivity index (χ3v) is 5.25. The highest BCUT2D eigenvalue weighted by Crippen LogP contribution is 2.25. The van der Waals surface area contributed by atoms with Crippen molar-refractivity contribution in [1.29, 1.82) is 0 Å². The van der Waals surface area contributed by atoms with Gasteiger partial charge in [0.15, 0.2) is 15.6 Å². The third-order valence-electron chi connectivity index (χ3n) is 3.12. The molecule has 0 radical (unpaired) electrons. The Morgan fingerprint density at radius 1 is 1.20 bits per heavy atom. The summed E-state index contributed by atoms with van der Waals surface area (Å²) >= 11 is 0. The van der Waals surface area contributed by atoms with Crippen LogP contribution in [0.15, 0.2) is 0 Å². The zero-order valence-corrected chi connectivity index (χ0v) is 10.3. The van der Waals surface area contributed by atoms with Gasteiger partial charge in [-0.2, -0.15) is 0 Å². The number of rotatable bonds is 4. The average molecular weight is 232 g/mol. The molecule has 0 spiro atoms. The number of carbonyl (C=O) groups excluding carboxylic acids is 1. The maximum absolute atomic E-state index is 11.7. The average Bonchev–Trinajstić information content (AvgIpc) is 2.18. The quantitative estimate of drug-likeness (QED) is 0.744. The van der Waals surface area contributed by atoms with E-state index in [1.807, 2.05) is 0 Å². The number of hydrogen-bond donors (Lipinski definition) is 0. The van der Waals surface area contributed by atoms with Crippen molar-refractivity contribution >= 4 is 15.6 Å². The normalized spacial score (nSPS) is 19.4. The van der Waals surface area contributed by atoms with Crippen LogP contribution in [0.25, 0.3) is 0 Å². The van der Waals surface area contributed by atoms with E-state index in [0.29, 0.717) is 0 Å². The summed E-state index contributed by atoms with van der Waals surface area (Å²) in [5, 5.41) is -0.440. The second kappa shape index (κ2) is 5.10. The minimum absolute atomic E-state index is 0.00674. The van der Waals surface area contributed by atoms with E-state index in [1.165, 1.54) is 6.42 Å². The van der Waals surface area contributed by atoms with Gasteiger partial charge < -0.3 is 0 Å². The zero-order chi connectivity index (χ0) is 11.5. The maximum atomic E-state index is 11.7. The van der Waals surface area contributed by atoms with Gasteiger partial charge in [0.2, 0.25) is 0 Å². The minimum atomic E-state index is -3.20. The molecule has 3 nitrogen and oxygen atoms in total. The number of carbonyl (C=O) groups is 1. The molecule has 4 heteroatoms. The number of sulfone groups is 1. The first-order valence-electron chi connectivity index (χ1n) is 5.68. The summed E-state index contributed by atoms with van der Waals surface area (Å²) in [7, 11) is -3.20. The first kappa shape index (κ1) is 12.7. The molecule has 0 bridgehead atoms. The van der Waals surface area contributed by atoms with Crippen LogP contribution in [0.1, 0.15) is 46.0 Å². The highest BCUT2D eigenvalue weighted by Gasteiger charge is 2.27. The van der Waals surface area contributed by atoms with Crippen LogP contribution in [0.3, 0.4) is 0 Å². The molecule has 0 saturated heterocycles. The molecule has 0 heterocycles. The van der Waals surface area contributed by atoms with Crippen LogP contribution in [-0.2, 0) is 14.6 Å². The van der Waals surface area contributed by atoms with Gasteiger partial charge in [0.25, 0.3) is 0 Å². The summed E-state index contributed by atoms with van der Waals surface area (Å²) in [6.45, 7) is 3.26. The van der Waals surface area contributed by atoms with Crippen molar-refractivity contribution in [2.75, 3.05) is 5.75 Å². The number of Topliss-reactive ketones (excluding diaryl/α,β-unsaturated/α-hetero) is 1. The van der Waals surface area contributed by atoms with Crippen molar-refractivity contribution in [2.45, 2.75) is 51.2 Å². The van der Waals surface area contributed by atoms with E-state index in [1.54, 1.807) is 13.8 Å². The van der Waals surface area contributed by atoms with Crippen molar-refractivity contribution in [2.24, 2.45) is 5.92 Å². The van der Waals surface area contributed by atoms with E-state index in [9.17, 15) is 13.2 Å². The molecule has 0 aliphatic heterocycles. The Morgan fingerprint density at radius 3 is 2.20 bits per heavy atom. The molecule has 0 aromatic carbocycles. The predicted molar refractivity (Wildman–Crippen MR) is 60.5 cm³/mol. The smallest absolute Gasteiger partial charge is 0.159 e. The zero-order valence-electron chi connectivity index (χ0n) is 9.53. The topological polar surface area (TPSA) is 51.2 Å². The molecule has 1 rings (SSSR count). The summed E-state index contributed by atoms with van der Waals surface area (Å²) < 4.78 is 23.1. The van der Waals surface area contributed by atoms with E-state index in [4.69, 9.17) is 0 Å². The summed E-state index contributed by atoms with van der Waals surface area (Å²) in [5.41, 5.74) is 0. The second-order valence-corrected chi connectivity index (χ2v) is 7.21. The molecule has 0 N–H and O–H groups in total. The molecular formula is C11H20O3S. The Morgan fingerprint density at radius 2 is 1.73 bits per heavy atom. The minimum Gasteiger partial charge on any atom is -0.298 e. The van der Waals surface area contributed by atoms with E-state index in [2.05, 4.69) is 0 Å². The van der Waals surface area contributed by atoms with Crippen molar-refractivity contribution in [3.05, 3.63) is 0 Å². The molecular weight excluding hydrogens is 212 g/mol. The molecule has 1 aliphatic rings. The second-order valence-electron chi connectivity index (χ2n) is 4.66. The van der Waals surface area contributed by atoms with Crippen molar-refractivity contribution in [1.82, 2.24) is 0 Å². The van der Waals surface area contributed by atoms with Gasteiger partial charge in [0.1, 0.15) is 5.75 Å². The molecule has 0 unspecified atom stereocenters. The molecule has 88 valence electrons. The highest BCUT2D eigenvalue weighted by molar-refractivity contribution is 7.92. The Balaban J connectivity index is 2.55. The van der Waals surface area contributed by atoms with Gasteiger partial charge in [-0.3, -0.25) is 4.79 Å². The van der Waals surface area contributed by atoms with E-state index >= 15 is 0 Å². The molecule has 1 fully saturated rings. The van der Waals surface area contributed by atoms with Crippen LogP contribution in [-0.4, -0.2) is 25.2 Å². The fraction of sp³-hybridized carbons (Fsp3) is 0.909. The van der Waals surface area contributed by atoms with E-state index in [0.717, 1.165) is 25.7 Å². The SMILES string of the molecule is CC(C)S(=O)(=O)CC(=O)C1CCCCC1. The monoisotopic (exact) mass is 232 g/mol. The molecule has 1 saturated carbocycles. The van der Waals surface area contributed by atoms with Crippen LogP contribution in [0.4, 0.5) is 0 Å². The lowest BCUT2D eigenvalue weighted by molar-refractivity contribution is -0.121. The summed E-state index contributed by atoms with van der Waals surface area (Å²) in [5.74, 6) is -0.314. The van der Waals surface area contributed by atoms with E-state index in [-0.39, 0.29) is 17.5 Å². The fourth-order valence-corrected chi connectivity index (χ4v) is 2.87. The molecule has 0 amide bonds. The molecule has 0 atom stereocenters. The van der Waals surface area contributed by atoms with Crippen LogP contribution in [0, 0.1) is 5.92 Å². The van der Waals surface area contributed by atoms with Gasteiger partial charge in [-0.25, -0.2) is 8.42 Å². The van der Waals surface area contributed by atoms with Gasteiger partial charge in [0.05, 0.1) is 5.25 Å². The summed E-state index contributed by atoms with van der Waals surface area (Å²) in [4.78, 5) is 11.7. The maximum Gasteiger partial charge on any atom is 0.159 e. The highest BCUT2D eigenvalue weighted by atomic mass is 32.2. The molecule has 0 aromatic heterocycles. The van der Waals surface area contributed by atoms with Crippen LogP contribution >= 0.6 is 0 Å². The standard InChI is InChI=1S/C11H20O3S/c1-9(2)15(13,14)8-11(12)10-6-4-3-5-7-10/h9-10H,3-8H2,1-2H3. The van der Waals surface area contributed by atoms with Gasteiger partial charge in [0, 0.05) is 5.92 Å². The first-order chi connectivity index (χ1) is 6.93. The number of ketones is 1. The largest absolute Gasteiger partial charge is 0.298 e. The van der Waals surface area contributed by atoms with Crippen molar-refractivity contribution in [3.63, 3.8) is 0 Å². The first-order valence-corrected chi connectivity index (χ1v) is 7.39. The van der Waals surface area contributed by atoms with Gasteiger partial charge in [-0.1, -0.05) is 19.3 Å². The Kier molecular flexibility index (Phi) is 4.32. The van der Waals surface area contributed by atoms with Crippen molar-refractivity contribution in [3.8, 4) is 0 Å². The summed E-state index contributed by atoms with van der Waals surface area (Å²) in [6.07, 6.45) is 5.08. The molecule has 1 aliphatic carbocycles. The Hall–Kier alpha value is -0.380. The predicted octanol–water partition coefficient (Wildman–Crippen LogP) is 1.96. The van der Waals surface area contributed by atoms with Gasteiger partial charge in [-0.05, 0) is 26.7 Å². The van der Waals surface area contributed by atoms with Crippen LogP contribution < -0.4 is 0 Å². The summed E-state index contributed by atoms with van der Waals surface area (Å²) in [6, 6.07) is 0. The lowest BCUT2D eigenvalue weighted by atomic mass is 9.87. The van der Waals surface area contributed by atoms with E-state index < -0.39 is 15.1 Å². The molecule has 0 aromatic rings. The lowest BCUT2D eigenvalue weighted by Crippen LogP contribution is -2.29. The lowest BCUT2D eigenvalue weighted by Gasteiger charge is -2.20. The molecule has 15 heavy (non-hydrogen) atoms. The Bertz CT molecular complexity index is 311. The van der Waals surface area contributed by atoms with Gasteiger partial charge >= 0.3 is 0 Å². The van der Waals surface area contributed by atoms with Crippen molar-refractivity contribution < 1.29 is 13.2 Å². The number of hydrogen-bond acceptors (Lipinski definition) is 3. The van der Waals surface area contributed by atoms with Crippen LogP contribution in [0.5, 0.6) is 0 Å².